The number of fused-ring (bicyclic) bond motifs is 3. The summed E-state index contributed by atoms with van der Waals surface area (Å²) >= 11 is 0. The van der Waals surface area contributed by atoms with E-state index in [1.165, 1.54) is 11.3 Å². The van der Waals surface area contributed by atoms with Gasteiger partial charge in [-0.05, 0) is 62.9 Å². The van der Waals surface area contributed by atoms with Crippen LogP contribution < -0.4 is 15.0 Å². The molecule has 1 saturated heterocycles. The predicted molar refractivity (Wildman–Crippen MR) is 107 cm³/mol. The molecule has 0 spiro atoms. The maximum atomic E-state index is 12.1. The molecule has 0 bridgehead atoms. The first-order valence-electron chi connectivity index (χ1n) is 10.1. The van der Waals surface area contributed by atoms with Gasteiger partial charge in [-0.15, -0.1) is 0 Å². The van der Waals surface area contributed by atoms with Crippen LogP contribution in [0.1, 0.15) is 51.5 Å². The zero-order chi connectivity index (χ0) is 19.6. The third-order valence-electron chi connectivity index (χ3n) is 6.22. The quantitative estimate of drug-likeness (QED) is 0.717. The summed E-state index contributed by atoms with van der Waals surface area (Å²) in [5, 5.41) is 12.3. The average Bonchev–Trinajstić information content (AvgIpc) is 3.06. The van der Waals surface area contributed by atoms with Gasteiger partial charge in [-0.3, -0.25) is 4.90 Å². The van der Waals surface area contributed by atoms with Gasteiger partial charge in [0.15, 0.2) is 0 Å². The van der Waals surface area contributed by atoms with E-state index in [0.29, 0.717) is 18.5 Å². The summed E-state index contributed by atoms with van der Waals surface area (Å²) in [6.45, 7) is 5.91. The molecule has 2 N–H and O–H groups in total. The van der Waals surface area contributed by atoms with E-state index in [4.69, 9.17) is 4.74 Å². The Morgan fingerprint density at radius 2 is 2.19 bits per heavy atom. The van der Waals surface area contributed by atoms with Gasteiger partial charge < -0.3 is 20.1 Å². The molecule has 2 heterocycles. The molecule has 0 radical (unpaired) electrons. The van der Waals surface area contributed by atoms with Crippen LogP contribution in [0.2, 0.25) is 0 Å². The van der Waals surface area contributed by atoms with Crippen molar-refractivity contribution in [1.29, 1.82) is 0 Å². The average molecular weight is 376 g/mol. The van der Waals surface area contributed by atoms with Crippen LogP contribution in [-0.2, 0) is 5.41 Å². The molecule has 3 atom stereocenters. The van der Waals surface area contributed by atoms with Crippen LogP contribution in [0.5, 0.6) is 5.75 Å². The Bertz CT molecular complexity index is 681. The monoisotopic (exact) mass is 375 g/mol. The van der Waals surface area contributed by atoms with E-state index < -0.39 is 6.09 Å². The highest BCUT2D eigenvalue weighted by Crippen LogP contribution is 2.51. The normalized spacial score (nSPS) is 25.2. The molecule has 0 saturated carbocycles. The van der Waals surface area contributed by atoms with Gasteiger partial charge in [0.05, 0.1) is 12.3 Å². The summed E-state index contributed by atoms with van der Waals surface area (Å²) < 4.78 is 5.51. The van der Waals surface area contributed by atoms with Gasteiger partial charge in [0.1, 0.15) is 5.75 Å². The highest BCUT2D eigenvalue weighted by molar-refractivity contribution is 5.72. The van der Waals surface area contributed by atoms with Gasteiger partial charge in [-0.1, -0.05) is 13.8 Å². The van der Waals surface area contributed by atoms with Crippen molar-refractivity contribution in [2.75, 3.05) is 32.1 Å². The van der Waals surface area contributed by atoms with Crippen molar-refractivity contribution < 1.29 is 14.6 Å². The number of amides is 1. The number of anilines is 1. The number of aliphatic hydroxyl groups excluding tert-OH is 1. The van der Waals surface area contributed by atoms with Crippen LogP contribution in [-0.4, -0.2) is 55.6 Å². The topological polar surface area (TPSA) is 65.0 Å². The lowest BCUT2D eigenvalue weighted by Crippen LogP contribution is -2.45. The fourth-order valence-corrected chi connectivity index (χ4v) is 4.66. The molecule has 150 valence electrons. The Hall–Kier alpha value is -1.79. The molecule has 6 heteroatoms. The first-order chi connectivity index (χ1) is 12.9. The number of unbranched alkanes of at least 4 members (excludes halogenated alkanes) is 1. The highest BCUT2D eigenvalue weighted by atomic mass is 16.6. The van der Waals surface area contributed by atoms with E-state index in [2.05, 4.69) is 42.2 Å². The maximum absolute atomic E-state index is 12.1. The Labute approximate surface area is 162 Å². The molecule has 0 aliphatic carbocycles. The van der Waals surface area contributed by atoms with E-state index in [9.17, 15) is 9.90 Å². The zero-order valence-corrected chi connectivity index (χ0v) is 17.0. The fourth-order valence-electron chi connectivity index (χ4n) is 4.66. The summed E-state index contributed by atoms with van der Waals surface area (Å²) in [7, 11) is 4.31. The number of likely N-dealkylation sites (N-methyl/N-ethyl adjacent to an activating group) is 2. The van der Waals surface area contributed by atoms with Crippen molar-refractivity contribution >= 4 is 11.8 Å². The van der Waals surface area contributed by atoms with E-state index in [1.54, 1.807) is 0 Å². The summed E-state index contributed by atoms with van der Waals surface area (Å²) in [5.74, 6) is 0.595. The second-order valence-electron chi connectivity index (χ2n) is 8.19. The lowest BCUT2D eigenvalue weighted by Gasteiger charge is -2.32. The molecule has 1 fully saturated rings. The van der Waals surface area contributed by atoms with E-state index in [-0.39, 0.29) is 11.5 Å². The summed E-state index contributed by atoms with van der Waals surface area (Å²) in [4.78, 5) is 16.8. The fraction of sp³-hybridized carbons (Fsp3) is 0.667. The largest absolute Gasteiger partial charge is 0.412 e. The molecular weight excluding hydrogens is 342 g/mol. The lowest BCUT2D eigenvalue weighted by atomic mass is 9.81. The Kier molecular flexibility index (Phi) is 5.96. The van der Waals surface area contributed by atoms with Gasteiger partial charge in [0.2, 0.25) is 0 Å². The smallest absolute Gasteiger partial charge is 0.410 e. The molecule has 0 aromatic heterocycles. The molecule has 1 unspecified atom stereocenters. The van der Waals surface area contributed by atoms with Crippen molar-refractivity contribution in [3.05, 3.63) is 23.8 Å². The van der Waals surface area contributed by atoms with Crippen molar-refractivity contribution in [2.45, 2.75) is 63.6 Å². The second-order valence-corrected chi connectivity index (χ2v) is 8.19. The van der Waals surface area contributed by atoms with Crippen LogP contribution in [0.4, 0.5) is 10.5 Å². The van der Waals surface area contributed by atoms with Crippen LogP contribution >= 0.6 is 0 Å². The number of carbonyl (C=O) groups excluding carboxylic acids is 1. The van der Waals surface area contributed by atoms with E-state index >= 15 is 0 Å². The molecule has 27 heavy (non-hydrogen) atoms. The highest BCUT2D eigenvalue weighted by Gasteiger charge is 2.52. The molecule has 1 aromatic rings. The number of rotatable bonds is 7. The third kappa shape index (κ3) is 3.92. The SMILES string of the molecule is CCC(O)CCCCNC(=O)Oc1ccc2c(c1)[C@]1(C)CCN(C)[C@@H]1N2C. The van der Waals surface area contributed by atoms with Crippen LogP contribution in [0.25, 0.3) is 0 Å². The number of carbonyl (C=O) groups is 1. The summed E-state index contributed by atoms with van der Waals surface area (Å²) in [6.07, 6.45) is 4.10. The van der Waals surface area contributed by atoms with Gasteiger partial charge in [-0.25, -0.2) is 4.79 Å². The number of ether oxygens (including phenoxy) is 1. The van der Waals surface area contributed by atoms with Crippen molar-refractivity contribution in [2.24, 2.45) is 0 Å². The molecule has 3 rings (SSSR count). The van der Waals surface area contributed by atoms with E-state index in [0.717, 1.165) is 38.6 Å². The first kappa shape index (κ1) is 20.0. The van der Waals surface area contributed by atoms with Crippen LogP contribution in [0.3, 0.4) is 0 Å². The van der Waals surface area contributed by atoms with Crippen LogP contribution in [0, 0.1) is 0 Å². The predicted octanol–water partition coefficient (Wildman–Crippen LogP) is 3.09. The molecular formula is C21H33N3O3. The molecule has 2 aliphatic heterocycles. The van der Waals surface area contributed by atoms with Crippen molar-refractivity contribution in [3.63, 3.8) is 0 Å². The minimum Gasteiger partial charge on any atom is -0.410 e. The lowest BCUT2D eigenvalue weighted by molar-refractivity contribution is 0.156. The summed E-state index contributed by atoms with van der Waals surface area (Å²) in [5.41, 5.74) is 2.55. The maximum Gasteiger partial charge on any atom is 0.412 e. The Morgan fingerprint density at radius 3 is 2.93 bits per heavy atom. The molecule has 2 aliphatic rings. The van der Waals surface area contributed by atoms with Gasteiger partial charge >= 0.3 is 6.09 Å². The number of hydrogen-bond donors (Lipinski definition) is 2. The number of hydrogen-bond acceptors (Lipinski definition) is 5. The van der Waals surface area contributed by atoms with Gasteiger partial charge in [-0.2, -0.15) is 0 Å². The molecule has 1 amide bonds. The molecule has 6 nitrogen and oxygen atoms in total. The van der Waals surface area contributed by atoms with Gasteiger partial charge in [0, 0.05) is 31.2 Å². The van der Waals surface area contributed by atoms with E-state index in [1.807, 2.05) is 19.1 Å². The molecule has 1 aromatic carbocycles. The standard InChI is InChI=1S/C21H33N3O3/c1-5-15(25)8-6-7-12-22-20(26)27-16-9-10-18-17(14-16)21(2)11-13-23(3)19(21)24(18)4/h9-10,14-15,19,25H,5-8,11-13H2,1-4H3,(H,22,26)/t15?,19-,21+/m1/s1. The number of aliphatic hydroxyl groups is 1. The zero-order valence-electron chi connectivity index (χ0n) is 17.0. The number of nitrogens with zero attached hydrogens (tertiary/aromatic N) is 2. The summed E-state index contributed by atoms with van der Waals surface area (Å²) in [6, 6.07) is 5.96. The first-order valence-corrected chi connectivity index (χ1v) is 10.1. The minimum atomic E-state index is -0.414. The van der Waals surface area contributed by atoms with Crippen molar-refractivity contribution in [3.8, 4) is 5.75 Å². The Morgan fingerprint density at radius 1 is 1.41 bits per heavy atom. The number of benzene rings is 1. The minimum absolute atomic E-state index is 0.0643. The van der Waals surface area contributed by atoms with Crippen molar-refractivity contribution in [1.82, 2.24) is 10.2 Å². The Balaban J connectivity index is 1.56. The van der Waals surface area contributed by atoms with Gasteiger partial charge in [0.25, 0.3) is 0 Å². The second kappa shape index (κ2) is 8.07. The third-order valence-corrected chi connectivity index (χ3v) is 6.22. The number of nitrogens with one attached hydrogen (secondary N) is 1. The number of likely N-dealkylation sites (tertiary alicyclic amines) is 1. The van der Waals surface area contributed by atoms with Crippen LogP contribution in [0.15, 0.2) is 18.2 Å².